The second-order valence-corrected chi connectivity index (χ2v) is 21.2. The van der Waals surface area contributed by atoms with Gasteiger partial charge in [-0.05, 0) is 25.2 Å². The van der Waals surface area contributed by atoms with Crippen molar-refractivity contribution in [1.29, 1.82) is 0 Å². The van der Waals surface area contributed by atoms with Crippen molar-refractivity contribution in [1.82, 2.24) is 0 Å². The van der Waals surface area contributed by atoms with E-state index in [9.17, 15) is 14.4 Å². The Kier molecular flexibility index (Phi) is 54.0. The van der Waals surface area contributed by atoms with E-state index in [0.717, 1.165) is 63.7 Å². The summed E-state index contributed by atoms with van der Waals surface area (Å²) in [6.07, 6.45) is 60.9. The first-order valence-corrected chi connectivity index (χ1v) is 30.4. The van der Waals surface area contributed by atoms with E-state index in [1.54, 1.807) is 0 Å². The zero-order valence-corrected chi connectivity index (χ0v) is 45.9. The summed E-state index contributed by atoms with van der Waals surface area (Å²) in [6.45, 7) is 9.11. The van der Waals surface area contributed by atoms with Gasteiger partial charge in [-0.25, -0.2) is 0 Å². The van der Waals surface area contributed by atoms with Gasteiger partial charge in [-0.15, -0.1) is 0 Å². The third-order valence-electron chi connectivity index (χ3n) is 14.4. The van der Waals surface area contributed by atoms with Crippen LogP contribution < -0.4 is 0 Å². The fraction of sp³-hybridized carbons (Fsp3) is 0.951. The zero-order chi connectivity index (χ0) is 48.8. The van der Waals surface area contributed by atoms with Crippen LogP contribution in [0.1, 0.15) is 349 Å². The smallest absolute Gasteiger partial charge is 0.306 e. The van der Waals surface area contributed by atoms with Gasteiger partial charge in [0.05, 0.1) is 0 Å². The van der Waals surface area contributed by atoms with Gasteiger partial charge in [0.1, 0.15) is 13.2 Å². The summed E-state index contributed by atoms with van der Waals surface area (Å²) >= 11 is 0. The quantitative estimate of drug-likeness (QED) is 0.0343. The maximum absolute atomic E-state index is 12.9. The minimum Gasteiger partial charge on any atom is -0.462 e. The zero-order valence-electron chi connectivity index (χ0n) is 45.9. The molecule has 1 unspecified atom stereocenters. The molecule has 0 aromatic carbocycles. The maximum Gasteiger partial charge on any atom is 0.306 e. The van der Waals surface area contributed by atoms with E-state index in [1.165, 1.54) is 244 Å². The van der Waals surface area contributed by atoms with Crippen LogP contribution >= 0.6 is 0 Å². The van der Waals surface area contributed by atoms with Crippen molar-refractivity contribution in [2.75, 3.05) is 13.2 Å². The first-order valence-electron chi connectivity index (χ1n) is 30.4. The molecule has 6 heteroatoms. The summed E-state index contributed by atoms with van der Waals surface area (Å²) in [5, 5.41) is 0. The Morgan fingerprint density at radius 1 is 0.299 bits per heavy atom. The van der Waals surface area contributed by atoms with Crippen molar-refractivity contribution in [3.05, 3.63) is 0 Å². The Morgan fingerprint density at radius 2 is 0.522 bits per heavy atom. The second-order valence-electron chi connectivity index (χ2n) is 21.2. The first-order chi connectivity index (χ1) is 32.9. The standard InChI is InChI=1S/C61H118O6/c1-5-8-10-12-14-16-18-20-21-22-23-24-30-34-38-42-46-50-54-61(64)67-58(55-65-59(62)52-48-44-40-36-32-27-19-17-15-13-11-9-6-2)56-66-60(63)53-49-45-41-37-33-29-26-25-28-31-35-39-43-47-51-57(4)7-3/h57-58H,5-56H2,1-4H3/t57?,58-/m1/s1. The lowest BCUT2D eigenvalue weighted by Gasteiger charge is -2.18. The number of rotatable bonds is 56. The fourth-order valence-corrected chi connectivity index (χ4v) is 9.42. The van der Waals surface area contributed by atoms with Gasteiger partial charge in [-0.1, -0.05) is 310 Å². The molecule has 0 spiro atoms. The van der Waals surface area contributed by atoms with Crippen LogP contribution in [0.5, 0.6) is 0 Å². The van der Waals surface area contributed by atoms with Crippen molar-refractivity contribution in [2.24, 2.45) is 5.92 Å². The predicted molar refractivity (Wildman–Crippen MR) is 289 cm³/mol. The van der Waals surface area contributed by atoms with E-state index in [1.807, 2.05) is 0 Å². The monoisotopic (exact) mass is 947 g/mol. The van der Waals surface area contributed by atoms with E-state index < -0.39 is 6.10 Å². The molecule has 398 valence electrons. The molecule has 0 bridgehead atoms. The predicted octanol–water partition coefficient (Wildman–Crippen LogP) is 20.2. The molecule has 67 heavy (non-hydrogen) atoms. The third kappa shape index (κ3) is 53.6. The van der Waals surface area contributed by atoms with Crippen molar-refractivity contribution in [3.63, 3.8) is 0 Å². The molecule has 6 nitrogen and oxygen atoms in total. The van der Waals surface area contributed by atoms with E-state index in [4.69, 9.17) is 14.2 Å². The average molecular weight is 948 g/mol. The topological polar surface area (TPSA) is 78.9 Å². The molecule has 0 saturated carbocycles. The Morgan fingerprint density at radius 3 is 0.776 bits per heavy atom. The van der Waals surface area contributed by atoms with Crippen LogP contribution in [0.15, 0.2) is 0 Å². The molecule has 2 atom stereocenters. The number of carbonyl (C=O) groups is 3. The van der Waals surface area contributed by atoms with Gasteiger partial charge in [-0.2, -0.15) is 0 Å². The van der Waals surface area contributed by atoms with Crippen molar-refractivity contribution in [3.8, 4) is 0 Å². The fourth-order valence-electron chi connectivity index (χ4n) is 9.42. The lowest BCUT2D eigenvalue weighted by atomic mass is 9.99. The van der Waals surface area contributed by atoms with Gasteiger partial charge in [0.25, 0.3) is 0 Å². The third-order valence-corrected chi connectivity index (χ3v) is 14.4. The first kappa shape index (κ1) is 65.4. The SMILES string of the molecule is CCCCCCCCCCCCCCCCCCCCC(=O)O[C@H](COC(=O)CCCCCCCCCCCCCCC)COC(=O)CCCCCCCCCCCCCCCCC(C)CC. The van der Waals surface area contributed by atoms with E-state index in [-0.39, 0.29) is 31.1 Å². The number of unbranched alkanes of at least 4 members (excludes halogenated alkanes) is 42. The summed E-state index contributed by atoms with van der Waals surface area (Å²) in [7, 11) is 0. The van der Waals surface area contributed by atoms with Crippen LogP contribution in [0, 0.1) is 5.92 Å². The second kappa shape index (κ2) is 55.3. The van der Waals surface area contributed by atoms with Gasteiger partial charge in [0, 0.05) is 19.3 Å². The molecule has 0 aliphatic carbocycles. The normalized spacial score (nSPS) is 12.4. The van der Waals surface area contributed by atoms with Gasteiger partial charge < -0.3 is 14.2 Å². The molecule has 0 radical (unpaired) electrons. The summed E-state index contributed by atoms with van der Waals surface area (Å²) in [6, 6.07) is 0. The highest BCUT2D eigenvalue weighted by atomic mass is 16.6. The molecular formula is C61H118O6. The largest absolute Gasteiger partial charge is 0.462 e. The number of esters is 3. The molecule has 0 fully saturated rings. The van der Waals surface area contributed by atoms with E-state index >= 15 is 0 Å². The van der Waals surface area contributed by atoms with Crippen molar-refractivity contribution in [2.45, 2.75) is 355 Å². The van der Waals surface area contributed by atoms with Crippen LogP contribution in [-0.4, -0.2) is 37.2 Å². The molecule has 0 saturated heterocycles. The Bertz CT molecular complexity index is 1010. The Balaban J connectivity index is 4.28. The molecule has 0 aliphatic heterocycles. The van der Waals surface area contributed by atoms with Gasteiger partial charge in [-0.3, -0.25) is 14.4 Å². The maximum atomic E-state index is 12.9. The number of carbonyl (C=O) groups excluding carboxylic acids is 3. The molecule has 0 aromatic heterocycles. The highest BCUT2D eigenvalue weighted by Gasteiger charge is 2.19. The van der Waals surface area contributed by atoms with E-state index in [2.05, 4.69) is 27.7 Å². The lowest BCUT2D eigenvalue weighted by Crippen LogP contribution is -2.30. The molecule has 0 rings (SSSR count). The van der Waals surface area contributed by atoms with Gasteiger partial charge in [0.15, 0.2) is 6.10 Å². The van der Waals surface area contributed by atoms with Crippen LogP contribution in [-0.2, 0) is 28.6 Å². The minimum absolute atomic E-state index is 0.0616. The number of ether oxygens (including phenoxy) is 3. The summed E-state index contributed by atoms with van der Waals surface area (Å²) in [5.74, 6) is 0.0643. The Hall–Kier alpha value is -1.59. The highest BCUT2D eigenvalue weighted by molar-refractivity contribution is 5.71. The van der Waals surface area contributed by atoms with Crippen LogP contribution in [0.25, 0.3) is 0 Å². The molecule has 0 aliphatic rings. The van der Waals surface area contributed by atoms with E-state index in [0.29, 0.717) is 19.3 Å². The summed E-state index contributed by atoms with van der Waals surface area (Å²) in [5.41, 5.74) is 0. The summed E-state index contributed by atoms with van der Waals surface area (Å²) < 4.78 is 16.9. The van der Waals surface area contributed by atoms with Crippen LogP contribution in [0.3, 0.4) is 0 Å². The molecule has 0 N–H and O–H groups in total. The van der Waals surface area contributed by atoms with Crippen LogP contribution in [0.2, 0.25) is 0 Å². The number of hydrogen-bond acceptors (Lipinski definition) is 6. The Labute approximate surface area is 418 Å². The van der Waals surface area contributed by atoms with Crippen molar-refractivity contribution < 1.29 is 28.6 Å². The minimum atomic E-state index is -0.762. The van der Waals surface area contributed by atoms with Gasteiger partial charge >= 0.3 is 17.9 Å². The molecule has 0 heterocycles. The van der Waals surface area contributed by atoms with Gasteiger partial charge in [0.2, 0.25) is 0 Å². The summed E-state index contributed by atoms with van der Waals surface area (Å²) in [4.78, 5) is 38.2. The van der Waals surface area contributed by atoms with Crippen LogP contribution in [0.4, 0.5) is 0 Å². The lowest BCUT2D eigenvalue weighted by molar-refractivity contribution is -0.167. The molecular weight excluding hydrogens is 829 g/mol. The molecule has 0 aromatic rings. The highest BCUT2D eigenvalue weighted by Crippen LogP contribution is 2.19. The molecule has 0 amide bonds. The number of hydrogen-bond donors (Lipinski definition) is 0. The van der Waals surface area contributed by atoms with Crippen molar-refractivity contribution >= 4 is 17.9 Å². The average Bonchev–Trinajstić information content (AvgIpc) is 3.33.